The average molecular weight is 545 g/mol. The van der Waals surface area contributed by atoms with E-state index in [1.807, 2.05) is 0 Å². The van der Waals surface area contributed by atoms with Crippen LogP contribution in [-0.4, -0.2) is 74.2 Å². The lowest BCUT2D eigenvalue weighted by Gasteiger charge is -2.48. The first-order valence-electron chi connectivity index (χ1n) is 12.2. The summed E-state index contributed by atoms with van der Waals surface area (Å²) in [6.07, 6.45) is -2.17. The number of allylic oxidation sites excluding steroid dienone is 2. The highest BCUT2D eigenvalue weighted by molar-refractivity contribution is 6.21. The van der Waals surface area contributed by atoms with E-state index in [9.17, 15) is 29.7 Å². The zero-order chi connectivity index (χ0) is 28.9. The summed E-state index contributed by atoms with van der Waals surface area (Å²) in [4.78, 5) is 37.4. The van der Waals surface area contributed by atoms with Gasteiger partial charge < -0.3 is 29.5 Å². The smallest absolute Gasteiger partial charge is 0.333 e. The van der Waals surface area contributed by atoms with Crippen LogP contribution in [0, 0.1) is 5.92 Å². The first-order valence-corrected chi connectivity index (χ1v) is 12.6. The summed E-state index contributed by atoms with van der Waals surface area (Å²) in [5.74, 6) is -2.94. The van der Waals surface area contributed by atoms with E-state index in [2.05, 4.69) is 6.58 Å². The van der Waals surface area contributed by atoms with Gasteiger partial charge in [0.15, 0.2) is 6.10 Å². The lowest BCUT2D eigenvalue weighted by atomic mass is 9.70. The molecule has 0 radical (unpaired) electrons. The second kappa shape index (κ2) is 13.0. The molecule has 1 fully saturated rings. The van der Waals surface area contributed by atoms with Crippen molar-refractivity contribution in [1.29, 1.82) is 0 Å². The van der Waals surface area contributed by atoms with Crippen LogP contribution in [0.2, 0.25) is 0 Å². The van der Waals surface area contributed by atoms with Crippen molar-refractivity contribution in [3.63, 3.8) is 0 Å². The molecule has 7 atom stereocenters. The van der Waals surface area contributed by atoms with Gasteiger partial charge in [-0.05, 0) is 60.5 Å². The van der Waals surface area contributed by atoms with E-state index in [-0.39, 0.29) is 24.0 Å². The van der Waals surface area contributed by atoms with Gasteiger partial charge in [0.05, 0.1) is 17.1 Å². The summed E-state index contributed by atoms with van der Waals surface area (Å²) in [6, 6.07) is 0. The van der Waals surface area contributed by atoms with E-state index < -0.39 is 64.8 Å². The molecule has 1 aliphatic carbocycles. The highest BCUT2D eigenvalue weighted by Crippen LogP contribution is 2.44. The van der Waals surface area contributed by atoms with Gasteiger partial charge in [-0.15, -0.1) is 11.6 Å². The molecule has 1 rings (SSSR count). The van der Waals surface area contributed by atoms with E-state index in [0.29, 0.717) is 5.57 Å². The molecule has 1 saturated carbocycles. The van der Waals surface area contributed by atoms with E-state index in [4.69, 9.17) is 25.8 Å². The molecule has 210 valence electrons. The summed E-state index contributed by atoms with van der Waals surface area (Å²) < 4.78 is 16.8. The molecule has 9 nitrogen and oxygen atoms in total. The Morgan fingerprint density at radius 1 is 1.11 bits per heavy atom. The van der Waals surface area contributed by atoms with Gasteiger partial charge in [-0.1, -0.05) is 18.7 Å². The van der Waals surface area contributed by atoms with Crippen molar-refractivity contribution in [2.45, 2.75) is 109 Å². The summed E-state index contributed by atoms with van der Waals surface area (Å²) >= 11 is 6.56. The number of rotatable bonds is 10. The largest absolute Gasteiger partial charge is 0.458 e. The standard InChI is InChI=1S/C27H41ClO9/c1-10-14(3)24(31)36-19(13-21(30)26(7,8)33)16(5)18-12-20(28)27(9,34)23(22(18)35-17(6)29)37-25(32)15(4)11-2/h10-11,18-23,30,33-34H,5,12-13H2,1-4,6-9H3. The molecule has 1 aliphatic rings. The van der Waals surface area contributed by atoms with Gasteiger partial charge in [0.1, 0.15) is 17.8 Å². The first-order chi connectivity index (χ1) is 16.9. The van der Waals surface area contributed by atoms with Crippen molar-refractivity contribution >= 4 is 29.5 Å². The van der Waals surface area contributed by atoms with Gasteiger partial charge in [0, 0.05) is 30.4 Å². The lowest BCUT2D eigenvalue weighted by molar-refractivity contribution is -0.202. The molecule has 0 aromatic rings. The Morgan fingerprint density at radius 3 is 2.08 bits per heavy atom. The maximum absolute atomic E-state index is 12.6. The van der Waals surface area contributed by atoms with Gasteiger partial charge in [-0.2, -0.15) is 0 Å². The van der Waals surface area contributed by atoms with Gasteiger partial charge in [0.2, 0.25) is 0 Å². The minimum atomic E-state index is -1.79. The van der Waals surface area contributed by atoms with Crippen LogP contribution < -0.4 is 0 Å². The number of alkyl halides is 1. The Hall–Kier alpha value is -2.20. The molecular formula is C27H41ClO9. The molecule has 0 saturated heterocycles. The van der Waals surface area contributed by atoms with Crippen molar-refractivity contribution in [1.82, 2.24) is 0 Å². The first kappa shape index (κ1) is 32.8. The van der Waals surface area contributed by atoms with E-state index >= 15 is 0 Å². The van der Waals surface area contributed by atoms with Crippen LogP contribution in [0.25, 0.3) is 0 Å². The fourth-order valence-electron chi connectivity index (χ4n) is 3.87. The number of carbonyl (C=O) groups excluding carboxylic acids is 3. The zero-order valence-electron chi connectivity index (χ0n) is 22.9. The van der Waals surface area contributed by atoms with Crippen LogP contribution in [0.1, 0.15) is 68.2 Å². The van der Waals surface area contributed by atoms with E-state index in [1.165, 1.54) is 40.7 Å². The number of hydrogen-bond donors (Lipinski definition) is 3. The van der Waals surface area contributed by atoms with Crippen LogP contribution in [0.15, 0.2) is 35.5 Å². The quantitative estimate of drug-likeness (QED) is 0.124. The number of aliphatic hydroxyl groups excluding tert-OH is 1. The number of ether oxygens (including phenoxy) is 3. The molecule has 7 unspecified atom stereocenters. The fraction of sp³-hybridized carbons (Fsp3) is 0.667. The van der Waals surface area contributed by atoms with Crippen molar-refractivity contribution in [2.24, 2.45) is 5.92 Å². The minimum absolute atomic E-state index is 0.0250. The number of esters is 3. The normalized spacial score (nSPS) is 28.6. The number of halogens is 1. The van der Waals surface area contributed by atoms with Crippen LogP contribution in [-0.2, 0) is 28.6 Å². The molecule has 0 aliphatic heterocycles. The van der Waals surface area contributed by atoms with Crippen molar-refractivity contribution in [3.05, 3.63) is 35.5 Å². The monoisotopic (exact) mass is 544 g/mol. The number of carbonyl (C=O) groups is 3. The summed E-state index contributed by atoms with van der Waals surface area (Å²) in [5, 5.41) is 31.1. The maximum Gasteiger partial charge on any atom is 0.333 e. The van der Waals surface area contributed by atoms with Gasteiger partial charge in [-0.3, -0.25) is 4.79 Å². The third-order valence-electron chi connectivity index (χ3n) is 6.80. The maximum atomic E-state index is 12.6. The van der Waals surface area contributed by atoms with Gasteiger partial charge >= 0.3 is 17.9 Å². The van der Waals surface area contributed by atoms with Gasteiger partial charge in [0.25, 0.3) is 0 Å². The van der Waals surface area contributed by atoms with Crippen molar-refractivity contribution in [3.8, 4) is 0 Å². The molecule has 0 bridgehead atoms. The van der Waals surface area contributed by atoms with E-state index in [1.54, 1.807) is 26.8 Å². The zero-order valence-corrected chi connectivity index (χ0v) is 23.7. The summed E-state index contributed by atoms with van der Waals surface area (Å²) in [6.45, 7) is 15.8. The highest BCUT2D eigenvalue weighted by Gasteiger charge is 2.56. The average Bonchev–Trinajstić information content (AvgIpc) is 2.80. The molecule has 37 heavy (non-hydrogen) atoms. The Labute approximate surface area is 224 Å². The van der Waals surface area contributed by atoms with Crippen LogP contribution in [0.4, 0.5) is 0 Å². The third-order valence-corrected chi connectivity index (χ3v) is 7.42. The molecular weight excluding hydrogens is 504 g/mol. The molecule has 10 heteroatoms. The lowest BCUT2D eigenvalue weighted by Crippen LogP contribution is -2.63. The van der Waals surface area contributed by atoms with Crippen molar-refractivity contribution < 1.29 is 43.9 Å². The molecule has 0 aromatic carbocycles. The Morgan fingerprint density at radius 2 is 1.62 bits per heavy atom. The summed E-state index contributed by atoms with van der Waals surface area (Å²) in [7, 11) is 0. The second-order valence-electron chi connectivity index (χ2n) is 10.3. The second-order valence-corrected chi connectivity index (χ2v) is 10.8. The predicted octanol–water partition coefficient (Wildman–Crippen LogP) is 3.13. The Kier molecular flexibility index (Phi) is 11.6. The molecule has 0 spiro atoms. The van der Waals surface area contributed by atoms with Crippen molar-refractivity contribution in [2.75, 3.05) is 0 Å². The molecule has 0 amide bonds. The van der Waals surface area contributed by atoms with Gasteiger partial charge in [-0.25, -0.2) is 9.59 Å². The van der Waals surface area contributed by atoms with Crippen LogP contribution >= 0.6 is 11.6 Å². The van der Waals surface area contributed by atoms with Crippen LogP contribution in [0.5, 0.6) is 0 Å². The van der Waals surface area contributed by atoms with Crippen LogP contribution in [0.3, 0.4) is 0 Å². The summed E-state index contributed by atoms with van der Waals surface area (Å²) in [5.41, 5.74) is -2.52. The number of aliphatic hydroxyl groups is 3. The SMILES string of the molecule is C=C(C(CC(O)C(C)(C)O)OC(=O)C(C)=CC)C1CC(Cl)C(C)(O)C(OC(=O)C(C)=CC)C1OC(C)=O. The molecule has 0 heterocycles. The molecule has 0 aromatic heterocycles. The minimum Gasteiger partial charge on any atom is -0.458 e. The Balaban J connectivity index is 3.56. The topological polar surface area (TPSA) is 140 Å². The molecule has 3 N–H and O–H groups in total. The Bertz CT molecular complexity index is 929. The fourth-order valence-corrected chi connectivity index (χ4v) is 4.19. The highest BCUT2D eigenvalue weighted by atomic mass is 35.5. The van der Waals surface area contributed by atoms with E-state index in [0.717, 1.165) is 0 Å². The number of hydrogen-bond acceptors (Lipinski definition) is 9. The predicted molar refractivity (Wildman–Crippen MR) is 139 cm³/mol. The third kappa shape index (κ3) is 8.40.